The molecule has 0 amide bonds. The van der Waals surface area contributed by atoms with Crippen LogP contribution in [0.25, 0.3) is 0 Å². The van der Waals surface area contributed by atoms with Crippen LogP contribution in [0.1, 0.15) is 5.56 Å². The lowest BCUT2D eigenvalue weighted by Gasteiger charge is -2.05. The molecule has 1 heterocycles. The van der Waals surface area contributed by atoms with Crippen molar-refractivity contribution in [1.82, 2.24) is 9.44 Å². The van der Waals surface area contributed by atoms with Crippen LogP contribution >= 0.6 is 27.3 Å². The van der Waals surface area contributed by atoms with Crippen LogP contribution in [0.4, 0.5) is 0 Å². The zero-order valence-electron chi connectivity index (χ0n) is 7.94. The number of halogens is 1. The van der Waals surface area contributed by atoms with Crippen molar-refractivity contribution in [2.24, 2.45) is 0 Å². The van der Waals surface area contributed by atoms with Gasteiger partial charge in [-0.3, -0.25) is 4.79 Å². The number of aliphatic carboxylic acids is 1. The first-order valence-corrected chi connectivity index (χ1v) is 7.29. The zero-order valence-corrected chi connectivity index (χ0v) is 11.2. The van der Waals surface area contributed by atoms with Crippen LogP contribution in [0.5, 0.6) is 0 Å². The average molecular weight is 329 g/mol. The lowest BCUT2D eigenvalue weighted by molar-refractivity contribution is -0.135. The fourth-order valence-electron chi connectivity index (χ4n) is 0.815. The summed E-state index contributed by atoms with van der Waals surface area (Å²) in [7, 11) is -3.77. The zero-order chi connectivity index (χ0) is 12.2. The Morgan fingerprint density at radius 2 is 2.12 bits per heavy atom. The highest BCUT2D eigenvalue weighted by Crippen LogP contribution is 2.20. The van der Waals surface area contributed by atoms with Gasteiger partial charge in [0.1, 0.15) is 6.54 Å². The van der Waals surface area contributed by atoms with E-state index in [4.69, 9.17) is 5.11 Å². The maximum atomic E-state index is 11.2. The first-order valence-electron chi connectivity index (χ1n) is 4.07. The van der Waals surface area contributed by atoms with Gasteiger partial charge >= 0.3 is 5.97 Å². The third-order valence-electron chi connectivity index (χ3n) is 1.55. The fraction of sp³-hybridized carbons (Fsp3) is 0.286. The van der Waals surface area contributed by atoms with Gasteiger partial charge in [0.2, 0.25) is 0 Å². The monoisotopic (exact) mass is 328 g/mol. The predicted molar refractivity (Wildman–Crippen MR) is 63.4 cm³/mol. The van der Waals surface area contributed by atoms with E-state index in [1.54, 1.807) is 5.38 Å². The number of rotatable bonds is 6. The van der Waals surface area contributed by atoms with Crippen molar-refractivity contribution in [1.29, 1.82) is 0 Å². The van der Waals surface area contributed by atoms with E-state index in [0.29, 0.717) is 0 Å². The molecule has 0 fully saturated rings. The molecule has 6 nitrogen and oxygen atoms in total. The Balaban J connectivity index is 2.48. The molecule has 1 rings (SSSR count). The van der Waals surface area contributed by atoms with E-state index in [-0.39, 0.29) is 6.54 Å². The van der Waals surface area contributed by atoms with Gasteiger partial charge in [0.25, 0.3) is 10.2 Å². The number of carboxylic acid groups (broad SMARTS) is 1. The molecule has 3 N–H and O–H groups in total. The molecule has 0 spiro atoms. The van der Waals surface area contributed by atoms with Gasteiger partial charge in [0.05, 0.1) is 0 Å². The van der Waals surface area contributed by atoms with Crippen LogP contribution in [0, 0.1) is 0 Å². The minimum Gasteiger partial charge on any atom is -0.480 e. The second kappa shape index (κ2) is 5.73. The first-order chi connectivity index (χ1) is 7.41. The fourth-order valence-corrected chi connectivity index (χ4v) is 3.02. The minimum absolute atomic E-state index is 0.110. The van der Waals surface area contributed by atoms with Gasteiger partial charge in [0, 0.05) is 16.4 Å². The Morgan fingerprint density at radius 3 is 2.62 bits per heavy atom. The molecule has 0 atom stereocenters. The van der Waals surface area contributed by atoms with Crippen LogP contribution in [0.15, 0.2) is 15.2 Å². The summed E-state index contributed by atoms with van der Waals surface area (Å²) in [5, 5.41) is 11.9. The van der Waals surface area contributed by atoms with Gasteiger partial charge in [-0.1, -0.05) is 0 Å². The third-order valence-corrected chi connectivity index (χ3v) is 4.44. The lowest BCUT2D eigenvalue weighted by atomic mass is 10.4. The average Bonchev–Trinajstić information content (AvgIpc) is 2.59. The van der Waals surface area contributed by atoms with Crippen molar-refractivity contribution in [3.63, 3.8) is 0 Å². The molecule has 0 aliphatic rings. The molecule has 90 valence electrons. The number of hydrogen-bond donors (Lipinski definition) is 3. The predicted octanol–water partition coefficient (Wildman–Crippen LogP) is 0.519. The number of thiophene rings is 1. The minimum atomic E-state index is -3.77. The maximum Gasteiger partial charge on any atom is 0.318 e. The molecule has 0 saturated carbocycles. The summed E-state index contributed by atoms with van der Waals surface area (Å²) < 4.78 is 27.4. The molecule has 1 aromatic heterocycles. The van der Waals surface area contributed by atoms with Crippen molar-refractivity contribution in [2.45, 2.75) is 6.54 Å². The molecular formula is C7H9BrN2O4S2. The molecule has 0 aromatic carbocycles. The molecule has 1 aromatic rings. The summed E-state index contributed by atoms with van der Waals surface area (Å²) in [5.74, 6) is -1.23. The highest BCUT2D eigenvalue weighted by Gasteiger charge is 2.11. The van der Waals surface area contributed by atoms with Crippen LogP contribution in [-0.4, -0.2) is 26.0 Å². The van der Waals surface area contributed by atoms with Gasteiger partial charge in [0.15, 0.2) is 0 Å². The Hall–Kier alpha value is -0.480. The molecule has 0 radical (unpaired) electrons. The first kappa shape index (κ1) is 13.6. The smallest absolute Gasteiger partial charge is 0.318 e. The second-order valence-corrected chi connectivity index (χ2v) is 5.97. The van der Waals surface area contributed by atoms with Crippen molar-refractivity contribution in [3.8, 4) is 0 Å². The van der Waals surface area contributed by atoms with Crippen LogP contribution in [0.3, 0.4) is 0 Å². The normalized spacial score (nSPS) is 11.6. The Morgan fingerprint density at radius 1 is 1.44 bits per heavy atom. The molecule has 0 unspecified atom stereocenters. The number of nitrogens with one attached hydrogen (secondary N) is 2. The quantitative estimate of drug-likeness (QED) is 0.709. The molecule has 0 aliphatic heterocycles. The van der Waals surface area contributed by atoms with Crippen LogP contribution in [-0.2, 0) is 21.5 Å². The topological polar surface area (TPSA) is 95.5 Å². The summed E-state index contributed by atoms with van der Waals surface area (Å²) >= 11 is 4.70. The standard InChI is InChI=1S/C7H9BrN2O4S2/c8-6-4-15-3-5(6)1-9-16(13,14)10-2-7(11)12/h3-4,9-10H,1-2H2,(H,11,12). The molecule has 16 heavy (non-hydrogen) atoms. The summed E-state index contributed by atoms with van der Waals surface area (Å²) in [6.07, 6.45) is 0. The van der Waals surface area contributed by atoms with E-state index in [1.807, 2.05) is 10.1 Å². The molecule has 0 saturated heterocycles. The number of carboxylic acids is 1. The van der Waals surface area contributed by atoms with E-state index in [9.17, 15) is 13.2 Å². The van der Waals surface area contributed by atoms with Crippen molar-refractivity contribution < 1.29 is 18.3 Å². The Labute approximate surface area is 105 Å². The van der Waals surface area contributed by atoms with Crippen molar-refractivity contribution >= 4 is 43.4 Å². The SMILES string of the molecule is O=C(O)CNS(=O)(=O)NCc1cscc1Br. The number of carbonyl (C=O) groups is 1. The molecular weight excluding hydrogens is 320 g/mol. The Kier molecular flexibility index (Phi) is 4.87. The third kappa shape index (κ3) is 4.58. The van der Waals surface area contributed by atoms with Gasteiger partial charge in [-0.05, 0) is 26.9 Å². The van der Waals surface area contributed by atoms with Crippen molar-refractivity contribution in [2.75, 3.05) is 6.54 Å². The van der Waals surface area contributed by atoms with Gasteiger partial charge in [-0.2, -0.15) is 29.2 Å². The van der Waals surface area contributed by atoms with E-state index in [1.165, 1.54) is 11.3 Å². The molecule has 9 heteroatoms. The van der Waals surface area contributed by atoms with E-state index in [0.717, 1.165) is 10.0 Å². The maximum absolute atomic E-state index is 11.2. The summed E-state index contributed by atoms with van der Waals surface area (Å²) in [4.78, 5) is 10.2. The summed E-state index contributed by atoms with van der Waals surface area (Å²) in [5.41, 5.74) is 0.797. The van der Waals surface area contributed by atoms with Gasteiger partial charge < -0.3 is 5.11 Å². The van der Waals surface area contributed by atoms with Gasteiger partial charge in [-0.15, -0.1) is 0 Å². The lowest BCUT2D eigenvalue weighted by Crippen LogP contribution is -2.38. The highest BCUT2D eigenvalue weighted by atomic mass is 79.9. The molecule has 0 bridgehead atoms. The largest absolute Gasteiger partial charge is 0.480 e. The Bertz CT molecular complexity index is 470. The second-order valence-electron chi connectivity index (χ2n) is 2.78. The summed E-state index contributed by atoms with van der Waals surface area (Å²) in [6, 6.07) is 0. The highest BCUT2D eigenvalue weighted by molar-refractivity contribution is 9.10. The van der Waals surface area contributed by atoms with Crippen molar-refractivity contribution in [3.05, 3.63) is 20.8 Å². The van der Waals surface area contributed by atoms with E-state index in [2.05, 4.69) is 20.7 Å². The molecule has 0 aliphatic carbocycles. The number of hydrogen-bond acceptors (Lipinski definition) is 4. The van der Waals surface area contributed by atoms with Crippen LogP contribution < -0.4 is 9.44 Å². The van der Waals surface area contributed by atoms with Crippen LogP contribution in [0.2, 0.25) is 0 Å². The van der Waals surface area contributed by atoms with Gasteiger partial charge in [-0.25, -0.2) is 0 Å². The van der Waals surface area contributed by atoms with E-state index >= 15 is 0 Å². The summed E-state index contributed by atoms with van der Waals surface area (Å²) in [6.45, 7) is -0.529. The van der Waals surface area contributed by atoms with E-state index < -0.39 is 22.7 Å².